The number of aryl methyl sites for hydroxylation is 1. The molecule has 0 bridgehead atoms. The van der Waals surface area contributed by atoms with Gasteiger partial charge in [-0.3, -0.25) is 0 Å². The largest absolute Gasteiger partial charge is 0.335 e. The summed E-state index contributed by atoms with van der Waals surface area (Å²) in [7, 11) is 0. The Labute approximate surface area is 151 Å². The number of rotatable bonds is 4. The number of benzene rings is 2. The third kappa shape index (κ3) is 3.55. The molecule has 0 aliphatic carbocycles. The predicted molar refractivity (Wildman–Crippen MR) is 94.5 cm³/mol. The van der Waals surface area contributed by atoms with Crippen molar-refractivity contribution < 1.29 is 17.6 Å². The smallest absolute Gasteiger partial charge is 0.152 e. The highest BCUT2D eigenvalue weighted by Crippen LogP contribution is 2.30. The zero-order chi connectivity index (χ0) is 18.8. The van der Waals surface area contributed by atoms with Crippen molar-refractivity contribution in [2.24, 2.45) is 0 Å². The topological polar surface area (TPSA) is 37.8 Å². The number of anilines is 2. The lowest BCUT2D eigenvalue weighted by Crippen LogP contribution is -2.07. The molecule has 1 heterocycles. The van der Waals surface area contributed by atoms with E-state index in [9.17, 15) is 17.6 Å². The lowest BCUT2D eigenvalue weighted by Gasteiger charge is -2.14. The van der Waals surface area contributed by atoms with Crippen LogP contribution < -0.4 is 5.32 Å². The van der Waals surface area contributed by atoms with Gasteiger partial charge < -0.3 is 5.32 Å². The molecule has 0 amide bonds. The summed E-state index contributed by atoms with van der Waals surface area (Å²) in [6.07, 6.45) is 0. The summed E-state index contributed by atoms with van der Waals surface area (Å²) in [6.45, 7) is 1.59. The average Bonchev–Trinajstić information content (AvgIpc) is 2.58. The van der Waals surface area contributed by atoms with E-state index in [1.165, 1.54) is 29.6 Å². The molecule has 0 unspecified atom stereocenters. The monoisotopic (exact) mass is 377 g/mol. The van der Waals surface area contributed by atoms with Crippen LogP contribution in [0.4, 0.5) is 29.1 Å². The molecule has 132 valence electrons. The number of halogens is 4. The van der Waals surface area contributed by atoms with Gasteiger partial charge in [0.25, 0.3) is 0 Å². The Morgan fingerprint density at radius 3 is 2.12 bits per heavy atom. The van der Waals surface area contributed by atoms with E-state index < -0.39 is 29.0 Å². The minimum Gasteiger partial charge on any atom is -0.335 e. The molecule has 0 radical (unpaired) electrons. The van der Waals surface area contributed by atoms with Gasteiger partial charge in [-0.1, -0.05) is 12.2 Å². The molecule has 8 heteroatoms. The molecule has 3 rings (SSSR count). The summed E-state index contributed by atoms with van der Waals surface area (Å²) in [5.74, 6) is -3.33. The predicted octanol–water partition coefficient (Wildman–Crippen LogP) is 5.10. The van der Waals surface area contributed by atoms with Gasteiger partial charge in [-0.2, -0.15) is 0 Å². The number of nitrogens with zero attached hydrogens (tertiary/aromatic N) is 2. The van der Waals surface area contributed by atoms with E-state index in [2.05, 4.69) is 15.3 Å². The molecule has 1 aromatic heterocycles. The van der Waals surface area contributed by atoms with Gasteiger partial charge in [-0.05, 0) is 31.2 Å². The normalized spacial score (nSPS) is 10.7. The highest BCUT2D eigenvalue weighted by Gasteiger charge is 2.17. The van der Waals surface area contributed by atoms with Gasteiger partial charge in [0.15, 0.2) is 11.6 Å². The number of hydrogen-bond acceptors (Lipinski definition) is 4. The summed E-state index contributed by atoms with van der Waals surface area (Å²) in [5.41, 5.74) is 0.655. The van der Waals surface area contributed by atoms with Crippen LogP contribution in [0, 0.1) is 30.2 Å². The molecular formula is C18H11F4N3S. The SMILES string of the molecule is Cc1nc(Nc2c(F)cc(F)cc2F)c(C=S)c(-c2ccc(F)cc2)n1. The molecule has 2 aromatic carbocycles. The zero-order valence-corrected chi connectivity index (χ0v) is 14.2. The molecule has 0 spiro atoms. The second kappa shape index (κ2) is 7.17. The van der Waals surface area contributed by atoms with Crippen molar-refractivity contribution in [3.05, 3.63) is 71.1 Å². The van der Waals surface area contributed by atoms with Gasteiger partial charge in [0.1, 0.15) is 29.0 Å². The van der Waals surface area contributed by atoms with Crippen molar-refractivity contribution in [1.82, 2.24) is 9.97 Å². The molecule has 0 saturated carbocycles. The Bertz CT molecular complexity index is 967. The summed E-state index contributed by atoms with van der Waals surface area (Å²) in [4.78, 5) is 8.41. The van der Waals surface area contributed by atoms with Gasteiger partial charge in [0.2, 0.25) is 0 Å². The van der Waals surface area contributed by atoms with Crippen LogP contribution in [0.1, 0.15) is 11.4 Å². The first-order valence-corrected chi connectivity index (χ1v) is 7.87. The molecule has 1 N–H and O–H groups in total. The number of nitrogens with one attached hydrogen (secondary N) is 1. The van der Waals surface area contributed by atoms with Crippen LogP contribution in [0.2, 0.25) is 0 Å². The van der Waals surface area contributed by atoms with Crippen LogP contribution >= 0.6 is 12.2 Å². The minimum absolute atomic E-state index is 0.0521. The summed E-state index contributed by atoms with van der Waals surface area (Å²) in [5, 5.41) is 3.76. The van der Waals surface area contributed by atoms with E-state index in [0.29, 0.717) is 34.8 Å². The maximum atomic E-state index is 13.9. The van der Waals surface area contributed by atoms with Crippen molar-refractivity contribution in [3.63, 3.8) is 0 Å². The van der Waals surface area contributed by atoms with Crippen molar-refractivity contribution in [1.29, 1.82) is 0 Å². The van der Waals surface area contributed by atoms with Crippen molar-refractivity contribution in [3.8, 4) is 11.3 Å². The third-order valence-electron chi connectivity index (χ3n) is 3.54. The lowest BCUT2D eigenvalue weighted by atomic mass is 10.1. The maximum absolute atomic E-state index is 13.9. The minimum atomic E-state index is -1.11. The van der Waals surface area contributed by atoms with Crippen LogP contribution in [0.3, 0.4) is 0 Å². The molecular weight excluding hydrogens is 366 g/mol. The van der Waals surface area contributed by atoms with Gasteiger partial charge >= 0.3 is 0 Å². The Balaban J connectivity index is 2.14. The standard InChI is InChI=1S/C18H11F4N3S/c1-9-23-16(10-2-4-11(19)5-3-10)13(8-26)18(24-9)25-17-14(21)6-12(20)7-15(17)22/h2-8H,1H3,(H,23,24,25). The number of thiocarbonyl (C=S) groups is 1. The van der Waals surface area contributed by atoms with Gasteiger partial charge in [0, 0.05) is 23.1 Å². The van der Waals surface area contributed by atoms with E-state index in [4.69, 9.17) is 12.2 Å². The van der Waals surface area contributed by atoms with E-state index in [-0.39, 0.29) is 5.82 Å². The summed E-state index contributed by atoms with van der Waals surface area (Å²) < 4.78 is 54.1. The fourth-order valence-corrected chi connectivity index (χ4v) is 2.62. The van der Waals surface area contributed by atoms with Crippen LogP contribution in [0.15, 0.2) is 36.4 Å². The Kier molecular flexibility index (Phi) is 4.94. The Morgan fingerprint density at radius 1 is 0.923 bits per heavy atom. The first kappa shape index (κ1) is 17.9. The highest BCUT2D eigenvalue weighted by atomic mass is 32.1. The Morgan fingerprint density at radius 2 is 1.54 bits per heavy atom. The van der Waals surface area contributed by atoms with E-state index in [1.54, 1.807) is 6.92 Å². The average molecular weight is 377 g/mol. The summed E-state index contributed by atoms with van der Waals surface area (Å²) >= 11 is 5.00. The van der Waals surface area contributed by atoms with E-state index in [1.807, 2.05) is 0 Å². The van der Waals surface area contributed by atoms with Gasteiger partial charge in [-0.25, -0.2) is 27.5 Å². The quantitative estimate of drug-likeness (QED) is 0.507. The summed E-state index contributed by atoms with van der Waals surface area (Å²) in [6, 6.07) is 6.62. The first-order valence-electron chi connectivity index (χ1n) is 7.40. The van der Waals surface area contributed by atoms with Crippen LogP contribution in [-0.4, -0.2) is 15.3 Å². The molecule has 26 heavy (non-hydrogen) atoms. The number of aromatic nitrogens is 2. The lowest BCUT2D eigenvalue weighted by molar-refractivity contribution is 0.548. The van der Waals surface area contributed by atoms with E-state index in [0.717, 1.165) is 0 Å². The molecule has 3 aromatic rings. The second-order valence-electron chi connectivity index (χ2n) is 5.38. The molecule has 0 aliphatic heterocycles. The van der Waals surface area contributed by atoms with Crippen LogP contribution in [-0.2, 0) is 0 Å². The molecule has 0 atom stereocenters. The van der Waals surface area contributed by atoms with Gasteiger partial charge in [-0.15, -0.1) is 0 Å². The molecule has 3 nitrogen and oxygen atoms in total. The zero-order valence-electron chi connectivity index (χ0n) is 13.4. The maximum Gasteiger partial charge on any atom is 0.152 e. The van der Waals surface area contributed by atoms with Crippen molar-refractivity contribution in [2.45, 2.75) is 6.92 Å². The van der Waals surface area contributed by atoms with Crippen LogP contribution in [0.25, 0.3) is 11.3 Å². The molecule has 0 saturated heterocycles. The van der Waals surface area contributed by atoms with Gasteiger partial charge in [0.05, 0.1) is 11.3 Å². The number of hydrogen-bond donors (Lipinski definition) is 1. The third-order valence-corrected chi connectivity index (χ3v) is 3.78. The molecule has 0 aliphatic rings. The highest BCUT2D eigenvalue weighted by molar-refractivity contribution is 7.79. The van der Waals surface area contributed by atoms with Crippen LogP contribution in [0.5, 0.6) is 0 Å². The van der Waals surface area contributed by atoms with E-state index >= 15 is 0 Å². The molecule has 0 fully saturated rings. The Hall–Kier alpha value is -2.87. The fraction of sp³-hybridized carbons (Fsp3) is 0.0556. The first-order chi connectivity index (χ1) is 12.4. The fourth-order valence-electron chi connectivity index (χ4n) is 2.40. The second-order valence-corrected chi connectivity index (χ2v) is 5.61. The van der Waals surface area contributed by atoms with Crippen molar-refractivity contribution in [2.75, 3.05) is 5.32 Å². The van der Waals surface area contributed by atoms with Crippen molar-refractivity contribution >= 4 is 29.1 Å².